The summed E-state index contributed by atoms with van der Waals surface area (Å²) in [6.45, 7) is 5.51. The van der Waals surface area contributed by atoms with E-state index in [1.54, 1.807) is 13.8 Å². The highest BCUT2D eigenvalue weighted by Gasteiger charge is 2.22. The number of hydrogen-bond donors (Lipinski definition) is 2. The van der Waals surface area contributed by atoms with Crippen molar-refractivity contribution in [2.24, 2.45) is 0 Å². The zero-order valence-electron chi connectivity index (χ0n) is 18.0. The molecular formula is C24H34O6. The Labute approximate surface area is 179 Å². The number of aliphatic hydroxyl groups is 2. The van der Waals surface area contributed by atoms with E-state index in [0.29, 0.717) is 26.4 Å². The fourth-order valence-electron chi connectivity index (χ4n) is 2.71. The number of rotatable bonds is 15. The lowest BCUT2D eigenvalue weighted by molar-refractivity contribution is -0.110. The van der Waals surface area contributed by atoms with Gasteiger partial charge in [-0.1, -0.05) is 60.7 Å². The van der Waals surface area contributed by atoms with Crippen LogP contribution < -0.4 is 0 Å². The molecule has 0 saturated carbocycles. The van der Waals surface area contributed by atoms with Crippen LogP contribution in [0.1, 0.15) is 25.0 Å². The van der Waals surface area contributed by atoms with Crippen molar-refractivity contribution in [2.75, 3.05) is 39.6 Å². The third kappa shape index (κ3) is 10.8. The summed E-state index contributed by atoms with van der Waals surface area (Å²) in [5, 5.41) is 20.6. The Morgan fingerprint density at radius 3 is 1.27 bits per heavy atom. The maximum absolute atomic E-state index is 10.3. The first-order valence-corrected chi connectivity index (χ1v) is 10.2. The van der Waals surface area contributed by atoms with E-state index in [-0.39, 0.29) is 26.4 Å². The molecule has 2 rings (SSSR count). The van der Waals surface area contributed by atoms with Crippen LogP contribution in [0, 0.1) is 0 Å². The molecule has 0 spiro atoms. The molecular weight excluding hydrogens is 384 g/mol. The van der Waals surface area contributed by atoms with Gasteiger partial charge in [0, 0.05) is 0 Å². The lowest BCUT2D eigenvalue weighted by Gasteiger charge is -2.24. The van der Waals surface area contributed by atoms with Crippen molar-refractivity contribution in [3.63, 3.8) is 0 Å². The molecule has 6 nitrogen and oxygen atoms in total. The molecule has 0 radical (unpaired) electrons. The predicted octanol–water partition coefficient (Wildman–Crippen LogP) is 2.96. The highest BCUT2D eigenvalue weighted by Crippen LogP contribution is 2.10. The second-order valence-electron chi connectivity index (χ2n) is 8.06. The summed E-state index contributed by atoms with van der Waals surface area (Å²) >= 11 is 0. The van der Waals surface area contributed by atoms with Gasteiger partial charge in [-0.15, -0.1) is 0 Å². The minimum Gasteiger partial charge on any atom is -0.385 e. The first kappa shape index (κ1) is 24.5. The molecule has 0 bridgehead atoms. The van der Waals surface area contributed by atoms with Crippen molar-refractivity contribution in [1.82, 2.24) is 0 Å². The van der Waals surface area contributed by atoms with Crippen molar-refractivity contribution in [3.05, 3.63) is 71.8 Å². The van der Waals surface area contributed by atoms with Crippen molar-refractivity contribution in [1.29, 1.82) is 0 Å². The minimum absolute atomic E-state index is 0.141. The third-order valence-corrected chi connectivity index (χ3v) is 4.25. The van der Waals surface area contributed by atoms with E-state index in [2.05, 4.69) is 0 Å². The van der Waals surface area contributed by atoms with Crippen LogP contribution in [-0.4, -0.2) is 61.1 Å². The third-order valence-electron chi connectivity index (χ3n) is 4.25. The van der Waals surface area contributed by atoms with Crippen LogP contribution in [0.5, 0.6) is 0 Å². The topological polar surface area (TPSA) is 77.4 Å². The zero-order valence-corrected chi connectivity index (χ0v) is 18.0. The van der Waals surface area contributed by atoms with Gasteiger partial charge < -0.3 is 29.2 Å². The van der Waals surface area contributed by atoms with Crippen LogP contribution in [0.3, 0.4) is 0 Å². The van der Waals surface area contributed by atoms with Gasteiger partial charge in [-0.05, 0) is 25.0 Å². The molecule has 6 heteroatoms. The summed E-state index contributed by atoms with van der Waals surface area (Å²) in [5.41, 5.74) is -0.0401. The second kappa shape index (κ2) is 12.8. The monoisotopic (exact) mass is 418 g/mol. The van der Waals surface area contributed by atoms with Crippen molar-refractivity contribution >= 4 is 0 Å². The number of benzene rings is 2. The predicted molar refractivity (Wildman–Crippen MR) is 115 cm³/mol. The molecule has 0 saturated heterocycles. The SMILES string of the molecule is C[C@](O)(COCCOC[C@](C)(O)COCc1ccccc1)COCc1ccccc1. The smallest absolute Gasteiger partial charge is 0.108 e. The fourth-order valence-corrected chi connectivity index (χ4v) is 2.71. The average Bonchev–Trinajstić information content (AvgIpc) is 2.72. The molecule has 0 aromatic heterocycles. The average molecular weight is 419 g/mol. The molecule has 2 aromatic carbocycles. The van der Waals surface area contributed by atoms with Gasteiger partial charge in [0.25, 0.3) is 0 Å². The Bertz CT molecular complexity index is 626. The summed E-state index contributed by atoms with van der Waals surface area (Å²) < 4.78 is 22.1. The van der Waals surface area contributed by atoms with Crippen molar-refractivity contribution in [2.45, 2.75) is 38.3 Å². The maximum atomic E-state index is 10.3. The Balaban J connectivity index is 1.50. The summed E-state index contributed by atoms with van der Waals surface area (Å²) in [7, 11) is 0. The number of ether oxygens (including phenoxy) is 4. The summed E-state index contributed by atoms with van der Waals surface area (Å²) in [5.74, 6) is 0. The zero-order chi connectivity index (χ0) is 21.7. The molecule has 2 N–H and O–H groups in total. The molecule has 0 unspecified atom stereocenters. The van der Waals surface area contributed by atoms with Crippen LogP contribution in [-0.2, 0) is 32.2 Å². The fraction of sp³-hybridized carbons (Fsp3) is 0.500. The standard InChI is InChI=1S/C24H34O6/c1-23(25,19-29-15-21-9-5-3-6-10-21)17-27-13-14-28-18-24(2,26)20-30-16-22-11-7-4-8-12-22/h3-12,25-26H,13-20H2,1-2H3/t23-,24-/m0/s1. The van der Waals surface area contributed by atoms with Gasteiger partial charge in [0.15, 0.2) is 0 Å². The Hall–Kier alpha value is -1.80. The van der Waals surface area contributed by atoms with E-state index in [4.69, 9.17) is 18.9 Å². The Morgan fingerprint density at radius 2 is 0.900 bits per heavy atom. The van der Waals surface area contributed by atoms with Crippen LogP contribution in [0.25, 0.3) is 0 Å². The lowest BCUT2D eigenvalue weighted by Crippen LogP contribution is -2.38. The minimum atomic E-state index is -1.08. The largest absolute Gasteiger partial charge is 0.385 e. The van der Waals surface area contributed by atoms with Crippen LogP contribution in [0.15, 0.2) is 60.7 Å². The van der Waals surface area contributed by atoms with Gasteiger partial charge in [0.1, 0.15) is 11.2 Å². The van der Waals surface area contributed by atoms with Gasteiger partial charge in [0.2, 0.25) is 0 Å². The highest BCUT2D eigenvalue weighted by atomic mass is 16.5. The van der Waals surface area contributed by atoms with Crippen molar-refractivity contribution < 1.29 is 29.2 Å². The molecule has 166 valence electrons. The first-order valence-electron chi connectivity index (χ1n) is 10.2. The molecule has 2 atom stereocenters. The van der Waals surface area contributed by atoms with Crippen molar-refractivity contribution in [3.8, 4) is 0 Å². The first-order chi connectivity index (χ1) is 14.4. The molecule has 0 amide bonds. The number of hydrogen-bond acceptors (Lipinski definition) is 6. The Morgan fingerprint density at radius 1 is 0.567 bits per heavy atom. The molecule has 0 aliphatic carbocycles. The quantitative estimate of drug-likeness (QED) is 0.433. The van der Waals surface area contributed by atoms with E-state index in [9.17, 15) is 10.2 Å². The summed E-state index contributed by atoms with van der Waals surface area (Å²) in [6.07, 6.45) is 0. The van der Waals surface area contributed by atoms with Gasteiger partial charge in [-0.25, -0.2) is 0 Å². The molecule has 0 heterocycles. The molecule has 0 fully saturated rings. The summed E-state index contributed by atoms with van der Waals surface area (Å²) in [6, 6.07) is 19.6. The molecule has 30 heavy (non-hydrogen) atoms. The van der Waals surface area contributed by atoms with Crippen LogP contribution in [0.2, 0.25) is 0 Å². The normalized spacial score (nSPS) is 15.5. The van der Waals surface area contributed by atoms with E-state index >= 15 is 0 Å². The van der Waals surface area contributed by atoms with Crippen LogP contribution in [0.4, 0.5) is 0 Å². The highest BCUT2D eigenvalue weighted by molar-refractivity contribution is 5.14. The van der Waals surface area contributed by atoms with Crippen LogP contribution >= 0.6 is 0 Å². The van der Waals surface area contributed by atoms with Gasteiger partial charge in [-0.3, -0.25) is 0 Å². The Kier molecular flexibility index (Phi) is 10.4. The molecule has 2 aromatic rings. The van der Waals surface area contributed by atoms with Gasteiger partial charge >= 0.3 is 0 Å². The molecule has 0 aliphatic rings. The van der Waals surface area contributed by atoms with E-state index in [1.165, 1.54) is 0 Å². The van der Waals surface area contributed by atoms with E-state index < -0.39 is 11.2 Å². The van der Waals surface area contributed by atoms with Gasteiger partial charge in [-0.2, -0.15) is 0 Å². The van der Waals surface area contributed by atoms with E-state index in [0.717, 1.165) is 11.1 Å². The lowest BCUT2D eigenvalue weighted by atomic mass is 10.1. The van der Waals surface area contributed by atoms with E-state index in [1.807, 2.05) is 60.7 Å². The summed E-state index contributed by atoms with van der Waals surface area (Å²) in [4.78, 5) is 0. The second-order valence-corrected chi connectivity index (χ2v) is 8.06. The molecule has 0 aliphatic heterocycles. The van der Waals surface area contributed by atoms with Gasteiger partial charge in [0.05, 0.1) is 52.9 Å². The maximum Gasteiger partial charge on any atom is 0.108 e.